The second kappa shape index (κ2) is 8.98. The van der Waals surface area contributed by atoms with Crippen molar-refractivity contribution in [3.05, 3.63) is 93.1 Å². The lowest BCUT2D eigenvalue weighted by molar-refractivity contribution is -0.123. The van der Waals surface area contributed by atoms with Crippen molar-refractivity contribution in [2.45, 2.75) is 12.5 Å². The third-order valence-corrected chi connectivity index (χ3v) is 5.28. The van der Waals surface area contributed by atoms with E-state index in [-0.39, 0.29) is 23.8 Å². The van der Waals surface area contributed by atoms with Crippen LogP contribution in [0, 0.1) is 12.3 Å². The molecule has 0 saturated heterocycles. The van der Waals surface area contributed by atoms with Gasteiger partial charge >= 0.3 is 0 Å². The number of aromatic nitrogens is 1. The molecule has 0 radical (unpaired) electrons. The van der Waals surface area contributed by atoms with Gasteiger partial charge in [0.15, 0.2) is 0 Å². The second-order valence-corrected chi connectivity index (χ2v) is 7.10. The van der Waals surface area contributed by atoms with E-state index in [1.165, 1.54) is 10.0 Å². The van der Waals surface area contributed by atoms with Gasteiger partial charge in [-0.25, -0.2) is 0 Å². The Morgan fingerprint density at radius 3 is 2.36 bits per heavy atom. The lowest BCUT2D eigenvalue weighted by atomic mass is 10.1. The molecule has 1 unspecified atom stereocenters. The largest absolute Gasteiger partial charge is 0.343 e. The molecule has 28 heavy (non-hydrogen) atoms. The van der Waals surface area contributed by atoms with Gasteiger partial charge in [0, 0.05) is 18.1 Å². The number of benzene rings is 2. The van der Waals surface area contributed by atoms with E-state index in [0.29, 0.717) is 16.9 Å². The Hall–Kier alpha value is -3.43. The van der Waals surface area contributed by atoms with Gasteiger partial charge in [0.25, 0.3) is 5.56 Å². The molecule has 5 nitrogen and oxygen atoms in total. The summed E-state index contributed by atoms with van der Waals surface area (Å²) in [6, 6.07) is 18.6. The second-order valence-electron chi connectivity index (χ2n) is 6.09. The highest BCUT2D eigenvalue weighted by molar-refractivity contribution is 7.09. The van der Waals surface area contributed by atoms with Crippen molar-refractivity contribution >= 4 is 23.2 Å². The molecule has 0 aliphatic heterocycles. The van der Waals surface area contributed by atoms with Gasteiger partial charge in [0.2, 0.25) is 11.7 Å². The number of nitrogens with zero attached hydrogens (tertiary/aromatic N) is 1. The number of ketones is 1. The van der Waals surface area contributed by atoms with Crippen LogP contribution in [0.15, 0.2) is 71.5 Å². The van der Waals surface area contributed by atoms with Gasteiger partial charge in [-0.05, 0) is 5.56 Å². The van der Waals surface area contributed by atoms with Crippen LogP contribution in [-0.2, 0) is 11.2 Å². The van der Waals surface area contributed by atoms with Gasteiger partial charge in [0.05, 0.1) is 11.4 Å². The van der Waals surface area contributed by atoms with Crippen molar-refractivity contribution < 1.29 is 9.59 Å². The molecular formula is C22H18N2O3S. The summed E-state index contributed by atoms with van der Waals surface area (Å²) in [5, 5.41) is 2.64. The highest BCUT2D eigenvalue weighted by Crippen LogP contribution is 2.20. The fraction of sp³-hybridized carbons (Fsp3) is 0.136. The number of carbonyl (C=O) groups is 2. The van der Waals surface area contributed by atoms with Gasteiger partial charge in [-0.15, -0.1) is 6.42 Å². The monoisotopic (exact) mass is 390 g/mol. The lowest BCUT2D eigenvalue weighted by Crippen LogP contribution is -2.36. The van der Waals surface area contributed by atoms with E-state index in [2.05, 4.69) is 11.2 Å². The molecule has 6 heteroatoms. The summed E-state index contributed by atoms with van der Waals surface area (Å²) in [6.07, 6.45) is 5.55. The molecule has 3 aromatic rings. The van der Waals surface area contributed by atoms with Crippen molar-refractivity contribution in [1.29, 1.82) is 0 Å². The molecule has 2 aromatic carbocycles. The van der Waals surface area contributed by atoms with E-state index in [1.54, 1.807) is 24.3 Å². The standard InChI is InChI=1S/C22H18N2O3S/c1-2-13-23-22(27)18(14-16-9-5-3-6-10-16)24-20(25)15-19(28-24)21(26)17-11-7-4-8-12-17/h1,3-12,15,18H,13-14H2,(H,23,27). The first-order valence-corrected chi connectivity index (χ1v) is 9.45. The highest BCUT2D eigenvalue weighted by Gasteiger charge is 2.25. The summed E-state index contributed by atoms with van der Waals surface area (Å²) in [5.41, 5.74) is 1.01. The Kier molecular flexibility index (Phi) is 6.20. The van der Waals surface area contributed by atoms with Gasteiger partial charge in [-0.3, -0.25) is 18.3 Å². The number of rotatable bonds is 7. The van der Waals surface area contributed by atoms with E-state index in [0.717, 1.165) is 17.1 Å². The minimum absolute atomic E-state index is 0.0695. The maximum atomic E-state index is 12.7. The molecule has 1 aromatic heterocycles. The lowest BCUT2D eigenvalue weighted by Gasteiger charge is -2.16. The molecule has 1 N–H and O–H groups in total. The van der Waals surface area contributed by atoms with E-state index in [1.807, 2.05) is 36.4 Å². The van der Waals surface area contributed by atoms with Crippen LogP contribution in [0.2, 0.25) is 0 Å². The zero-order valence-corrected chi connectivity index (χ0v) is 15.8. The number of nitrogens with one attached hydrogen (secondary N) is 1. The van der Waals surface area contributed by atoms with Crippen molar-refractivity contribution in [2.24, 2.45) is 0 Å². The number of hydrogen-bond acceptors (Lipinski definition) is 4. The molecular weight excluding hydrogens is 372 g/mol. The molecule has 3 rings (SSSR count). The van der Waals surface area contributed by atoms with E-state index in [9.17, 15) is 14.4 Å². The minimum atomic E-state index is -0.787. The summed E-state index contributed by atoms with van der Waals surface area (Å²) in [6.45, 7) is 0.0695. The van der Waals surface area contributed by atoms with Gasteiger partial charge < -0.3 is 5.32 Å². The zero-order chi connectivity index (χ0) is 19.9. The summed E-state index contributed by atoms with van der Waals surface area (Å²) in [7, 11) is 0. The summed E-state index contributed by atoms with van der Waals surface area (Å²) < 4.78 is 1.34. The fourth-order valence-electron chi connectivity index (χ4n) is 2.78. The minimum Gasteiger partial charge on any atom is -0.343 e. The third-order valence-electron chi connectivity index (χ3n) is 4.15. The van der Waals surface area contributed by atoms with Crippen LogP contribution in [0.4, 0.5) is 0 Å². The maximum Gasteiger partial charge on any atom is 0.262 e. The van der Waals surface area contributed by atoms with Crippen LogP contribution in [-0.4, -0.2) is 22.2 Å². The SMILES string of the molecule is C#CCNC(=O)C(Cc1ccccc1)n1sc(C(=O)c2ccccc2)cc1=O. The number of amides is 1. The molecule has 140 valence electrons. The number of terminal acetylenes is 1. The van der Waals surface area contributed by atoms with Crippen LogP contribution < -0.4 is 10.9 Å². The quantitative estimate of drug-likeness (QED) is 0.498. The summed E-state index contributed by atoms with van der Waals surface area (Å²) in [5.74, 6) is 1.75. The molecule has 0 spiro atoms. The van der Waals surface area contributed by atoms with Crippen LogP contribution in [0.5, 0.6) is 0 Å². The van der Waals surface area contributed by atoms with Crippen LogP contribution in [0.3, 0.4) is 0 Å². The van der Waals surface area contributed by atoms with Gasteiger partial charge in [0.1, 0.15) is 6.04 Å². The van der Waals surface area contributed by atoms with E-state index < -0.39 is 6.04 Å². The van der Waals surface area contributed by atoms with E-state index >= 15 is 0 Å². The van der Waals surface area contributed by atoms with Crippen LogP contribution >= 0.6 is 11.5 Å². The van der Waals surface area contributed by atoms with Gasteiger partial charge in [-0.1, -0.05) is 78.1 Å². The predicted octanol–water partition coefficient (Wildman–Crippen LogP) is 2.67. The van der Waals surface area contributed by atoms with Crippen molar-refractivity contribution in [2.75, 3.05) is 6.54 Å². The maximum absolute atomic E-state index is 12.7. The van der Waals surface area contributed by atoms with Crippen molar-refractivity contribution in [1.82, 2.24) is 9.27 Å². The molecule has 1 heterocycles. The fourth-order valence-corrected chi connectivity index (χ4v) is 3.79. The van der Waals surface area contributed by atoms with E-state index in [4.69, 9.17) is 6.42 Å². The number of hydrogen-bond donors (Lipinski definition) is 1. The molecule has 0 aliphatic carbocycles. The topological polar surface area (TPSA) is 68.2 Å². The molecule has 0 aliphatic rings. The average Bonchev–Trinajstić information content (AvgIpc) is 3.12. The predicted molar refractivity (Wildman–Crippen MR) is 109 cm³/mol. The first-order valence-electron chi connectivity index (χ1n) is 8.68. The first kappa shape index (κ1) is 19.3. The summed E-state index contributed by atoms with van der Waals surface area (Å²) in [4.78, 5) is 38.2. The van der Waals surface area contributed by atoms with Crippen molar-refractivity contribution in [3.8, 4) is 12.3 Å². The molecule has 0 saturated carbocycles. The molecule has 1 amide bonds. The Morgan fingerprint density at radius 1 is 1.07 bits per heavy atom. The number of carbonyl (C=O) groups excluding carboxylic acids is 2. The Labute approximate surface area is 166 Å². The zero-order valence-electron chi connectivity index (χ0n) is 15.0. The highest BCUT2D eigenvalue weighted by atomic mass is 32.1. The molecule has 1 atom stereocenters. The normalized spacial score (nSPS) is 11.4. The average molecular weight is 390 g/mol. The summed E-state index contributed by atoms with van der Waals surface area (Å²) >= 11 is 0.994. The van der Waals surface area contributed by atoms with Crippen LogP contribution in [0.25, 0.3) is 0 Å². The van der Waals surface area contributed by atoms with Crippen LogP contribution in [0.1, 0.15) is 26.8 Å². The van der Waals surface area contributed by atoms with Crippen molar-refractivity contribution in [3.63, 3.8) is 0 Å². The Balaban J connectivity index is 1.94. The Bertz CT molecular complexity index is 1060. The molecule has 0 fully saturated rings. The third kappa shape index (κ3) is 4.45. The Morgan fingerprint density at radius 2 is 1.71 bits per heavy atom. The molecule has 0 bridgehead atoms. The smallest absolute Gasteiger partial charge is 0.262 e. The first-order chi connectivity index (χ1) is 13.6. The van der Waals surface area contributed by atoms with Gasteiger partial charge in [-0.2, -0.15) is 0 Å².